The van der Waals surface area contributed by atoms with Gasteiger partial charge in [-0.2, -0.15) is 0 Å². The molecule has 0 aliphatic heterocycles. The summed E-state index contributed by atoms with van der Waals surface area (Å²) in [5, 5.41) is 11.4. The van der Waals surface area contributed by atoms with Gasteiger partial charge in [-0.3, -0.25) is 13.8 Å². The summed E-state index contributed by atoms with van der Waals surface area (Å²) in [4.78, 5) is 12.7. The number of para-hydroxylation sites is 1. The summed E-state index contributed by atoms with van der Waals surface area (Å²) in [6.45, 7) is 9.75. The molecule has 0 aliphatic carbocycles. The van der Waals surface area contributed by atoms with Crippen LogP contribution in [0.3, 0.4) is 0 Å². The van der Waals surface area contributed by atoms with Gasteiger partial charge in [-0.1, -0.05) is 50.5 Å². The van der Waals surface area contributed by atoms with Gasteiger partial charge in [0, 0.05) is 6.54 Å². The van der Waals surface area contributed by atoms with Crippen molar-refractivity contribution < 1.29 is 0 Å². The molecule has 3 rings (SSSR count). The van der Waals surface area contributed by atoms with Gasteiger partial charge in [0.25, 0.3) is 5.56 Å². The van der Waals surface area contributed by atoms with Crippen LogP contribution in [0.15, 0.2) is 34.2 Å². The first kappa shape index (κ1) is 16.3. The molecule has 0 amide bonds. The smallest absolute Gasteiger partial charge is 0.262 e. The van der Waals surface area contributed by atoms with Crippen LogP contribution in [-0.2, 0) is 6.54 Å². The van der Waals surface area contributed by atoms with Crippen LogP contribution < -0.4 is 5.56 Å². The van der Waals surface area contributed by atoms with E-state index < -0.39 is 8.07 Å². The van der Waals surface area contributed by atoms with E-state index in [1.165, 1.54) is 0 Å². The molecule has 0 saturated carbocycles. The van der Waals surface area contributed by atoms with Crippen LogP contribution in [0.4, 0.5) is 0 Å². The molecule has 0 fully saturated rings. The summed E-state index contributed by atoms with van der Waals surface area (Å²) in [5.74, 6) is 0.647. The zero-order valence-electron chi connectivity index (χ0n) is 14.0. The molecule has 0 saturated heterocycles. The summed E-state index contributed by atoms with van der Waals surface area (Å²) in [6, 6.07) is 7.72. The molecule has 2 aromatic heterocycles. The number of nitrogens with zero attached hydrogens (tertiary/aromatic N) is 4. The van der Waals surface area contributed by atoms with Gasteiger partial charge in [0.2, 0.25) is 5.78 Å². The first-order chi connectivity index (χ1) is 10.9. The molecule has 5 nitrogen and oxygen atoms in total. The lowest BCUT2D eigenvalue weighted by atomic mass is 10.2. The van der Waals surface area contributed by atoms with Gasteiger partial charge in [-0.25, -0.2) is 0 Å². The van der Waals surface area contributed by atoms with Crippen molar-refractivity contribution in [2.24, 2.45) is 0 Å². The van der Waals surface area contributed by atoms with E-state index in [2.05, 4.69) is 36.8 Å². The molecule has 122 valence electrons. The molecule has 3 aromatic rings. The second kappa shape index (κ2) is 6.12. The zero-order valence-corrected chi connectivity index (χ0v) is 15.9. The Labute approximate surface area is 140 Å². The maximum Gasteiger partial charge on any atom is 0.262 e. The number of aryl methyl sites for hydroxylation is 1. The van der Waals surface area contributed by atoms with Gasteiger partial charge in [0.05, 0.1) is 19.0 Å². The molecule has 0 bridgehead atoms. The maximum atomic E-state index is 12.7. The fourth-order valence-corrected chi connectivity index (χ4v) is 5.19. The van der Waals surface area contributed by atoms with Crippen LogP contribution in [0, 0.1) is 0 Å². The van der Waals surface area contributed by atoms with Crippen molar-refractivity contribution in [1.82, 2.24) is 19.2 Å². The Morgan fingerprint density at radius 2 is 1.91 bits per heavy atom. The van der Waals surface area contributed by atoms with Gasteiger partial charge in [-0.15, -0.1) is 10.2 Å². The first-order valence-electron chi connectivity index (χ1n) is 7.92. The molecule has 0 unspecified atom stereocenters. The largest absolute Gasteiger partial charge is 0.276 e. The summed E-state index contributed by atoms with van der Waals surface area (Å²) < 4.78 is 3.78. The maximum absolute atomic E-state index is 12.7. The summed E-state index contributed by atoms with van der Waals surface area (Å²) in [7, 11) is -1.19. The van der Waals surface area contributed by atoms with E-state index in [0.29, 0.717) is 12.3 Å². The summed E-state index contributed by atoms with van der Waals surface area (Å²) in [5.41, 5.74) is 0.909. The van der Waals surface area contributed by atoms with Crippen LogP contribution in [0.25, 0.3) is 16.7 Å². The highest BCUT2D eigenvalue weighted by Gasteiger charge is 2.19. The van der Waals surface area contributed by atoms with E-state index in [-0.39, 0.29) is 5.56 Å². The predicted molar refractivity (Wildman–Crippen MR) is 99.1 cm³/mol. The topological polar surface area (TPSA) is 52.2 Å². The Morgan fingerprint density at radius 3 is 2.61 bits per heavy atom. The van der Waals surface area contributed by atoms with Crippen LogP contribution in [0.2, 0.25) is 19.6 Å². The van der Waals surface area contributed by atoms with Crippen molar-refractivity contribution in [3.8, 4) is 0 Å². The SMILES string of the molecule is CCCn1c(=O)c2ccccc2n2c(SC[Si](C)(C)C)nnc12. The fourth-order valence-electron chi connectivity index (χ4n) is 2.53. The lowest BCUT2D eigenvalue weighted by molar-refractivity contribution is 0.662. The summed E-state index contributed by atoms with van der Waals surface area (Å²) >= 11 is 1.75. The molecule has 0 atom stereocenters. The summed E-state index contributed by atoms with van der Waals surface area (Å²) in [6.07, 6.45) is 0.887. The van der Waals surface area contributed by atoms with E-state index in [1.54, 1.807) is 16.3 Å². The first-order valence-corrected chi connectivity index (χ1v) is 12.6. The fraction of sp³-hybridized carbons (Fsp3) is 0.438. The van der Waals surface area contributed by atoms with Crippen LogP contribution in [0.5, 0.6) is 0 Å². The number of aromatic nitrogens is 4. The van der Waals surface area contributed by atoms with Gasteiger partial charge < -0.3 is 0 Å². The molecule has 0 aliphatic rings. The number of benzene rings is 1. The van der Waals surface area contributed by atoms with E-state index >= 15 is 0 Å². The normalized spacial score (nSPS) is 12.3. The average molecular weight is 347 g/mol. The van der Waals surface area contributed by atoms with Gasteiger partial charge in [0.15, 0.2) is 5.16 Å². The van der Waals surface area contributed by atoms with Crippen molar-refractivity contribution in [1.29, 1.82) is 0 Å². The standard InChI is InChI=1S/C16H22N4OSSi/c1-5-10-19-14(21)12-8-6-7-9-13(12)20-15(19)17-18-16(20)22-11-23(2,3)4/h6-9H,5,10-11H2,1-4H3. The minimum absolute atomic E-state index is 0.0177. The molecular weight excluding hydrogens is 324 g/mol. The van der Waals surface area contributed by atoms with E-state index in [1.807, 2.05) is 28.7 Å². The van der Waals surface area contributed by atoms with Gasteiger partial charge >= 0.3 is 0 Å². The highest BCUT2D eigenvalue weighted by molar-refractivity contribution is 8.00. The number of rotatable bonds is 5. The minimum Gasteiger partial charge on any atom is -0.276 e. The van der Waals surface area contributed by atoms with Crippen LogP contribution in [-0.4, -0.2) is 32.6 Å². The van der Waals surface area contributed by atoms with Crippen molar-refractivity contribution in [3.05, 3.63) is 34.6 Å². The lowest BCUT2D eigenvalue weighted by Crippen LogP contribution is -2.24. The van der Waals surface area contributed by atoms with E-state index in [4.69, 9.17) is 0 Å². The van der Waals surface area contributed by atoms with Gasteiger partial charge in [-0.05, 0) is 23.9 Å². The van der Waals surface area contributed by atoms with E-state index in [9.17, 15) is 4.79 Å². The molecule has 0 radical (unpaired) electrons. The molecule has 2 heterocycles. The number of hydrogen-bond acceptors (Lipinski definition) is 4. The number of fused-ring (bicyclic) bond motifs is 3. The molecule has 23 heavy (non-hydrogen) atoms. The second-order valence-corrected chi connectivity index (χ2v) is 13.9. The van der Waals surface area contributed by atoms with Crippen molar-refractivity contribution in [3.63, 3.8) is 0 Å². The van der Waals surface area contributed by atoms with Crippen molar-refractivity contribution in [2.45, 2.75) is 44.7 Å². The highest BCUT2D eigenvalue weighted by atomic mass is 32.2. The molecule has 1 aromatic carbocycles. The molecular formula is C16H22N4OSSi. The zero-order chi connectivity index (χ0) is 16.6. The molecule has 0 spiro atoms. The Balaban J connectivity index is 2.27. The third-order valence-electron chi connectivity index (χ3n) is 3.56. The third kappa shape index (κ3) is 3.07. The average Bonchev–Trinajstić information content (AvgIpc) is 2.93. The number of thioether (sulfide) groups is 1. The number of hydrogen-bond donors (Lipinski definition) is 0. The minimum atomic E-state index is -1.19. The van der Waals surface area contributed by atoms with Crippen molar-refractivity contribution in [2.75, 3.05) is 5.38 Å². The quantitative estimate of drug-likeness (QED) is 0.525. The Morgan fingerprint density at radius 1 is 1.17 bits per heavy atom. The van der Waals surface area contributed by atoms with Crippen LogP contribution in [0.1, 0.15) is 13.3 Å². The third-order valence-corrected chi connectivity index (χ3v) is 8.12. The van der Waals surface area contributed by atoms with E-state index in [0.717, 1.165) is 27.9 Å². The Bertz CT molecular complexity index is 910. The lowest BCUT2D eigenvalue weighted by Gasteiger charge is -2.14. The monoisotopic (exact) mass is 346 g/mol. The Kier molecular flexibility index (Phi) is 4.33. The van der Waals surface area contributed by atoms with Crippen LogP contribution >= 0.6 is 11.8 Å². The predicted octanol–water partition coefficient (Wildman–Crippen LogP) is 3.42. The van der Waals surface area contributed by atoms with Gasteiger partial charge in [0.1, 0.15) is 0 Å². The molecule has 7 heteroatoms. The Hall–Kier alpha value is -1.60. The highest BCUT2D eigenvalue weighted by Crippen LogP contribution is 2.24. The second-order valence-electron chi connectivity index (χ2n) is 6.94. The van der Waals surface area contributed by atoms with Crippen molar-refractivity contribution >= 4 is 36.5 Å². The molecule has 0 N–H and O–H groups in total.